The van der Waals surface area contributed by atoms with Gasteiger partial charge in [-0.2, -0.15) is 0 Å². The Morgan fingerprint density at radius 1 is 1.11 bits per heavy atom. The van der Waals surface area contributed by atoms with Crippen LogP contribution >= 0.6 is 0 Å². The van der Waals surface area contributed by atoms with E-state index in [0.29, 0.717) is 11.4 Å². The molecule has 1 aromatic heterocycles. The zero-order valence-corrected chi connectivity index (χ0v) is 10.8. The third-order valence-corrected chi connectivity index (χ3v) is 3.37. The molecule has 0 amide bonds. The number of nitrogens with two attached hydrogens (primary N) is 1. The summed E-state index contributed by atoms with van der Waals surface area (Å²) in [6.45, 7) is 4.10. The van der Waals surface area contributed by atoms with Crippen LogP contribution in [0.2, 0.25) is 0 Å². The Morgan fingerprint density at radius 3 is 2.58 bits per heavy atom. The molecule has 3 N–H and O–H groups in total. The number of fused-ring (bicyclic) bond motifs is 1. The lowest BCUT2D eigenvalue weighted by molar-refractivity contribution is 0.633. The number of aryl methyl sites for hydroxylation is 2. The molecule has 0 saturated heterocycles. The fourth-order valence-corrected chi connectivity index (χ4v) is 2.08. The molecule has 3 rings (SSSR count). The van der Waals surface area contributed by atoms with Crippen molar-refractivity contribution < 1.29 is 4.39 Å². The van der Waals surface area contributed by atoms with Crippen LogP contribution in [0.1, 0.15) is 11.1 Å². The minimum atomic E-state index is -0.426. The van der Waals surface area contributed by atoms with Crippen LogP contribution in [-0.4, -0.2) is 9.97 Å². The van der Waals surface area contributed by atoms with Crippen molar-refractivity contribution in [3.63, 3.8) is 0 Å². The Labute approximate surface area is 110 Å². The first-order chi connectivity index (χ1) is 9.04. The van der Waals surface area contributed by atoms with Gasteiger partial charge in [0, 0.05) is 5.56 Å². The molecule has 3 aromatic rings. The van der Waals surface area contributed by atoms with Gasteiger partial charge in [0.1, 0.15) is 11.6 Å². The van der Waals surface area contributed by atoms with Crippen molar-refractivity contribution in [2.45, 2.75) is 13.8 Å². The van der Waals surface area contributed by atoms with Crippen LogP contribution in [0.15, 0.2) is 30.3 Å². The van der Waals surface area contributed by atoms with Gasteiger partial charge in [-0.1, -0.05) is 0 Å². The lowest BCUT2D eigenvalue weighted by Gasteiger charge is -1.99. The van der Waals surface area contributed by atoms with E-state index < -0.39 is 5.82 Å². The van der Waals surface area contributed by atoms with E-state index in [0.717, 1.165) is 11.0 Å². The number of halogens is 1. The second kappa shape index (κ2) is 4.09. The van der Waals surface area contributed by atoms with E-state index in [-0.39, 0.29) is 5.69 Å². The van der Waals surface area contributed by atoms with E-state index in [2.05, 4.69) is 23.0 Å². The predicted octanol–water partition coefficient (Wildman–Crippen LogP) is 3.57. The molecule has 0 aliphatic rings. The third kappa shape index (κ3) is 1.95. The molecule has 19 heavy (non-hydrogen) atoms. The monoisotopic (exact) mass is 255 g/mol. The summed E-state index contributed by atoms with van der Waals surface area (Å²) >= 11 is 0. The number of imidazole rings is 1. The Balaban J connectivity index is 2.17. The molecule has 0 saturated carbocycles. The summed E-state index contributed by atoms with van der Waals surface area (Å²) in [6, 6.07) is 8.78. The van der Waals surface area contributed by atoms with Crippen LogP contribution < -0.4 is 5.73 Å². The van der Waals surface area contributed by atoms with Gasteiger partial charge < -0.3 is 10.7 Å². The van der Waals surface area contributed by atoms with Crippen molar-refractivity contribution >= 4 is 16.7 Å². The largest absolute Gasteiger partial charge is 0.396 e. The number of aromatic amines is 1. The normalized spacial score (nSPS) is 11.1. The Morgan fingerprint density at radius 2 is 1.84 bits per heavy atom. The molecule has 0 fully saturated rings. The van der Waals surface area contributed by atoms with Gasteiger partial charge in [-0.15, -0.1) is 0 Å². The van der Waals surface area contributed by atoms with E-state index in [4.69, 9.17) is 5.73 Å². The molecular formula is C15H14FN3. The van der Waals surface area contributed by atoms with Crippen LogP contribution in [0, 0.1) is 19.7 Å². The Bertz CT molecular complexity index is 735. The maximum Gasteiger partial charge on any atom is 0.146 e. The van der Waals surface area contributed by atoms with Crippen molar-refractivity contribution in [1.82, 2.24) is 9.97 Å². The third-order valence-electron chi connectivity index (χ3n) is 3.37. The van der Waals surface area contributed by atoms with Gasteiger partial charge in [-0.25, -0.2) is 9.37 Å². The van der Waals surface area contributed by atoms with Crippen molar-refractivity contribution in [2.75, 3.05) is 5.73 Å². The topological polar surface area (TPSA) is 54.7 Å². The van der Waals surface area contributed by atoms with Crippen LogP contribution in [0.25, 0.3) is 22.4 Å². The molecule has 0 aliphatic carbocycles. The number of nitrogens with zero attached hydrogens (tertiary/aromatic N) is 1. The molecule has 0 bridgehead atoms. The lowest BCUT2D eigenvalue weighted by Crippen LogP contribution is -1.91. The van der Waals surface area contributed by atoms with Crippen LogP contribution in [0.5, 0.6) is 0 Å². The van der Waals surface area contributed by atoms with E-state index in [1.165, 1.54) is 17.2 Å². The van der Waals surface area contributed by atoms with E-state index in [1.54, 1.807) is 12.1 Å². The molecule has 0 radical (unpaired) electrons. The number of aromatic nitrogens is 2. The molecule has 0 atom stereocenters. The number of hydrogen-bond donors (Lipinski definition) is 2. The van der Waals surface area contributed by atoms with Gasteiger partial charge in [0.05, 0.1) is 16.7 Å². The van der Waals surface area contributed by atoms with Crippen LogP contribution in [0.3, 0.4) is 0 Å². The van der Waals surface area contributed by atoms with E-state index in [9.17, 15) is 4.39 Å². The number of anilines is 1. The minimum absolute atomic E-state index is 0.145. The highest BCUT2D eigenvalue weighted by atomic mass is 19.1. The molecule has 2 aromatic carbocycles. The number of nitrogens with one attached hydrogen (secondary N) is 1. The fraction of sp³-hybridized carbons (Fsp3) is 0.133. The average Bonchev–Trinajstić information content (AvgIpc) is 2.76. The maximum atomic E-state index is 13.5. The molecule has 96 valence electrons. The van der Waals surface area contributed by atoms with Gasteiger partial charge in [0.15, 0.2) is 0 Å². The summed E-state index contributed by atoms with van der Waals surface area (Å²) in [5.74, 6) is 0.226. The summed E-state index contributed by atoms with van der Waals surface area (Å²) in [6.07, 6.45) is 0. The highest BCUT2D eigenvalue weighted by molar-refractivity contribution is 5.81. The fourth-order valence-electron chi connectivity index (χ4n) is 2.08. The summed E-state index contributed by atoms with van der Waals surface area (Å²) in [7, 11) is 0. The first kappa shape index (κ1) is 11.7. The number of H-pyrrole nitrogens is 1. The number of benzene rings is 2. The summed E-state index contributed by atoms with van der Waals surface area (Å²) in [5.41, 5.74) is 10.5. The Hall–Kier alpha value is -2.36. The maximum absolute atomic E-state index is 13.5. The molecule has 0 aliphatic heterocycles. The van der Waals surface area contributed by atoms with Gasteiger partial charge in [-0.3, -0.25) is 0 Å². The average molecular weight is 255 g/mol. The summed E-state index contributed by atoms with van der Waals surface area (Å²) < 4.78 is 13.5. The van der Waals surface area contributed by atoms with E-state index in [1.807, 2.05) is 13.0 Å². The summed E-state index contributed by atoms with van der Waals surface area (Å²) in [4.78, 5) is 7.70. The van der Waals surface area contributed by atoms with Gasteiger partial charge in [0.25, 0.3) is 0 Å². The molecule has 0 unspecified atom stereocenters. The van der Waals surface area contributed by atoms with Crippen molar-refractivity contribution in [2.24, 2.45) is 0 Å². The first-order valence-electron chi connectivity index (χ1n) is 6.07. The van der Waals surface area contributed by atoms with Gasteiger partial charge in [-0.05, 0) is 55.3 Å². The quantitative estimate of drug-likeness (QED) is 0.653. The highest BCUT2D eigenvalue weighted by Crippen LogP contribution is 2.24. The lowest BCUT2D eigenvalue weighted by atomic mass is 10.1. The minimum Gasteiger partial charge on any atom is -0.396 e. The van der Waals surface area contributed by atoms with E-state index >= 15 is 0 Å². The molecule has 0 spiro atoms. The van der Waals surface area contributed by atoms with Crippen molar-refractivity contribution in [3.05, 3.63) is 47.3 Å². The number of nitrogen functional groups attached to an aromatic ring is 1. The number of rotatable bonds is 1. The second-order valence-electron chi connectivity index (χ2n) is 4.78. The summed E-state index contributed by atoms with van der Waals surface area (Å²) in [5, 5.41) is 0. The predicted molar refractivity (Wildman–Crippen MR) is 75.4 cm³/mol. The molecule has 3 nitrogen and oxygen atoms in total. The van der Waals surface area contributed by atoms with Crippen molar-refractivity contribution in [1.29, 1.82) is 0 Å². The molecule has 1 heterocycles. The van der Waals surface area contributed by atoms with Crippen molar-refractivity contribution in [3.8, 4) is 11.4 Å². The molecule has 4 heteroatoms. The first-order valence-corrected chi connectivity index (χ1v) is 6.07. The Kier molecular flexibility index (Phi) is 2.52. The van der Waals surface area contributed by atoms with Gasteiger partial charge in [0.2, 0.25) is 0 Å². The molecular weight excluding hydrogens is 241 g/mol. The standard InChI is InChI=1S/C15H14FN3/c1-8-5-13-14(6-9(8)2)19-15(18-13)10-3-4-12(17)11(16)7-10/h3-7H,17H2,1-2H3,(H,18,19). The highest BCUT2D eigenvalue weighted by Gasteiger charge is 2.08. The number of hydrogen-bond acceptors (Lipinski definition) is 2. The smallest absolute Gasteiger partial charge is 0.146 e. The van der Waals surface area contributed by atoms with Crippen LogP contribution in [0.4, 0.5) is 10.1 Å². The zero-order valence-electron chi connectivity index (χ0n) is 10.8. The second-order valence-corrected chi connectivity index (χ2v) is 4.78. The zero-order chi connectivity index (χ0) is 13.6. The van der Waals surface area contributed by atoms with Crippen LogP contribution in [-0.2, 0) is 0 Å². The SMILES string of the molecule is Cc1cc2nc(-c3ccc(N)c(F)c3)[nH]c2cc1C. The van der Waals surface area contributed by atoms with Gasteiger partial charge >= 0.3 is 0 Å².